The van der Waals surface area contributed by atoms with Crippen molar-refractivity contribution in [1.29, 1.82) is 0 Å². The van der Waals surface area contributed by atoms with Crippen LogP contribution < -0.4 is 0 Å². The molecule has 2 unspecified atom stereocenters. The highest BCUT2D eigenvalue weighted by atomic mass is 79.9. The summed E-state index contributed by atoms with van der Waals surface area (Å²) >= 11 is 10.3. The number of hydrogen-bond donors (Lipinski definition) is 0. The van der Waals surface area contributed by atoms with Gasteiger partial charge >= 0.3 is 0 Å². The highest BCUT2D eigenvalue weighted by Crippen LogP contribution is 2.33. The topological polar surface area (TPSA) is 37.4 Å². The number of sulfonamides is 1. The van der Waals surface area contributed by atoms with E-state index in [9.17, 15) is 8.42 Å². The second-order valence-corrected chi connectivity index (χ2v) is 9.88. The van der Waals surface area contributed by atoms with E-state index in [4.69, 9.17) is 0 Å². The Balaban J connectivity index is 2.36. The van der Waals surface area contributed by atoms with Gasteiger partial charge in [-0.1, -0.05) is 44.7 Å². The van der Waals surface area contributed by atoms with Crippen LogP contribution in [0.15, 0.2) is 32.0 Å². The predicted octanol–water partition coefficient (Wildman–Crippen LogP) is 4.54. The van der Waals surface area contributed by atoms with Crippen LogP contribution in [0.25, 0.3) is 0 Å². The number of hydrogen-bond acceptors (Lipinski definition) is 2. The zero-order valence-electron chi connectivity index (χ0n) is 11.0. The lowest BCUT2D eigenvalue weighted by Gasteiger charge is -2.34. The number of alkyl halides is 1. The highest BCUT2D eigenvalue weighted by molar-refractivity contribution is 9.11. The van der Waals surface area contributed by atoms with Crippen molar-refractivity contribution in [2.75, 3.05) is 7.05 Å². The number of nitrogens with zero attached hydrogens (tertiary/aromatic N) is 1. The highest BCUT2D eigenvalue weighted by Gasteiger charge is 2.34. The molecule has 0 bridgehead atoms. The van der Waals surface area contributed by atoms with Crippen LogP contribution in [-0.4, -0.2) is 30.6 Å². The van der Waals surface area contributed by atoms with Gasteiger partial charge in [-0.05, 0) is 47.0 Å². The van der Waals surface area contributed by atoms with Gasteiger partial charge in [-0.15, -0.1) is 0 Å². The van der Waals surface area contributed by atoms with E-state index < -0.39 is 10.0 Å². The average Bonchev–Trinajstić information content (AvgIpc) is 2.41. The van der Waals surface area contributed by atoms with Crippen molar-refractivity contribution in [2.45, 2.75) is 41.4 Å². The first-order chi connectivity index (χ1) is 9.34. The van der Waals surface area contributed by atoms with Crippen molar-refractivity contribution in [2.24, 2.45) is 0 Å². The van der Waals surface area contributed by atoms with Gasteiger partial charge in [0.1, 0.15) is 0 Å². The fourth-order valence-corrected chi connectivity index (χ4v) is 6.47. The van der Waals surface area contributed by atoms with Crippen LogP contribution in [0.3, 0.4) is 0 Å². The molecule has 0 saturated heterocycles. The fourth-order valence-electron chi connectivity index (χ4n) is 2.48. The normalized spacial score (nSPS) is 24.1. The van der Waals surface area contributed by atoms with Crippen molar-refractivity contribution in [3.8, 4) is 0 Å². The molecule has 1 saturated carbocycles. The SMILES string of the molecule is CN(C1CCCCC1Br)S(=O)(=O)c1cc(Br)ccc1Br. The molecule has 0 radical (unpaired) electrons. The molecule has 1 aromatic carbocycles. The van der Waals surface area contributed by atoms with E-state index in [1.807, 2.05) is 6.07 Å². The molecule has 1 aliphatic carbocycles. The van der Waals surface area contributed by atoms with Crippen LogP contribution in [-0.2, 0) is 10.0 Å². The molecule has 2 rings (SSSR count). The van der Waals surface area contributed by atoms with E-state index >= 15 is 0 Å². The summed E-state index contributed by atoms with van der Waals surface area (Å²) in [5.41, 5.74) is 0. The molecule has 7 heteroatoms. The van der Waals surface area contributed by atoms with Crippen molar-refractivity contribution in [1.82, 2.24) is 4.31 Å². The van der Waals surface area contributed by atoms with Crippen molar-refractivity contribution < 1.29 is 8.42 Å². The van der Waals surface area contributed by atoms with Gasteiger partial charge in [0.2, 0.25) is 10.0 Å². The first-order valence-electron chi connectivity index (χ1n) is 6.41. The lowest BCUT2D eigenvalue weighted by atomic mass is 9.96. The smallest absolute Gasteiger partial charge is 0.207 e. The Morgan fingerprint density at radius 3 is 2.50 bits per heavy atom. The van der Waals surface area contributed by atoms with Gasteiger partial charge in [0.05, 0.1) is 4.90 Å². The molecule has 0 amide bonds. The van der Waals surface area contributed by atoms with Crippen molar-refractivity contribution in [3.63, 3.8) is 0 Å². The second kappa shape index (κ2) is 6.77. The largest absolute Gasteiger partial charge is 0.244 e. The third kappa shape index (κ3) is 3.48. The van der Waals surface area contributed by atoms with Crippen molar-refractivity contribution >= 4 is 57.8 Å². The molecule has 0 N–H and O–H groups in total. The lowest BCUT2D eigenvalue weighted by Crippen LogP contribution is -2.44. The third-order valence-corrected chi connectivity index (χ3v) is 8.10. The van der Waals surface area contributed by atoms with Gasteiger partial charge in [-0.25, -0.2) is 8.42 Å². The van der Waals surface area contributed by atoms with Gasteiger partial charge in [0.25, 0.3) is 0 Å². The summed E-state index contributed by atoms with van der Waals surface area (Å²) in [7, 11) is -1.82. The van der Waals surface area contributed by atoms with Crippen LogP contribution >= 0.6 is 47.8 Å². The molecule has 2 atom stereocenters. The monoisotopic (exact) mass is 487 g/mol. The molecule has 1 fully saturated rings. The summed E-state index contributed by atoms with van der Waals surface area (Å²) in [6, 6.07) is 5.22. The van der Waals surface area contributed by atoms with E-state index in [1.54, 1.807) is 19.2 Å². The average molecular weight is 490 g/mol. The number of halogens is 3. The minimum Gasteiger partial charge on any atom is -0.207 e. The molecular weight excluding hydrogens is 474 g/mol. The maximum atomic E-state index is 12.8. The van der Waals surface area contributed by atoms with Crippen LogP contribution in [0.4, 0.5) is 0 Å². The van der Waals surface area contributed by atoms with E-state index in [0.29, 0.717) is 9.37 Å². The molecule has 0 aliphatic heterocycles. The van der Waals surface area contributed by atoms with Crippen LogP contribution in [0.2, 0.25) is 0 Å². The van der Waals surface area contributed by atoms with E-state index in [-0.39, 0.29) is 10.9 Å². The van der Waals surface area contributed by atoms with Gasteiger partial charge in [0.15, 0.2) is 0 Å². The zero-order valence-corrected chi connectivity index (χ0v) is 16.6. The molecule has 112 valence electrons. The van der Waals surface area contributed by atoms with Gasteiger partial charge in [0, 0.05) is 26.9 Å². The molecule has 1 aliphatic rings. The van der Waals surface area contributed by atoms with Gasteiger partial charge in [-0.2, -0.15) is 4.31 Å². The number of benzene rings is 1. The second-order valence-electron chi connectivity index (χ2n) is 4.96. The summed E-state index contributed by atoms with van der Waals surface area (Å²) in [5, 5.41) is 0. The molecule has 0 heterocycles. The first-order valence-corrected chi connectivity index (χ1v) is 10.4. The summed E-state index contributed by atoms with van der Waals surface area (Å²) in [5.74, 6) is 0. The Morgan fingerprint density at radius 2 is 1.85 bits per heavy atom. The summed E-state index contributed by atoms with van der Waals surface area (Å²) in [6.45, 7) is 0. The number of rotatable bonds is 3. The standard InChI is InChI=1S/C13H16Br3NO2S/c1-17(12-5-3-2-4-10(12)15)20(18,19)13-8-9(14)6-7-11(13)16/h6-8,10,12H,2-5H2,1H3. The third-order valence-electron chi connectivity index (χ3n) is 3.66. The Hall–Kier alpha value is 0.570. The van der Waals surface area contributed by atoms with Crippen LogP contribution in [0.5, 0.6) is 0 Å². The maximum absolute atomic E-state index is 12.8. The molecular formula is C13H16Br3NO2S. The minimum atomic E-state index is -3.50. The quantitative estimate of drug-likeness (QED) is 0.585. The van der Waals surface area contributed by atoms with Crippen LogP contribution in [0, 0.1) is 0 Å². The Labute approximate surface area is 145 Å². The van der Waals surface area contributed by atoms with Gasteiger partial charge < -0.3 is 0 Å². The minimum absolute atomic E-state index is 0.0135. The van der Waals surface area contributed by atoms with E-state index in [0.717, 1.165) is 30.2 Å². The molecule has 20 heavy (non-hydrogen) atoms. The summed E-state index contributed by atoms with van der Waals surface area (Å²) < 4.78 is 28.5. The lowest BCUT2D eigenvalue weighted by molar-refractivity contribution is 0.297. The van der Waals surface area contributed by atoms with Gasteiger partial charge in [-0.3, -0.25) is 0 Å². The summed E-state index contributed by atoms with van der Waals surface area (Å²) in [4.78, 5) is 0.529. The molecule has 0 spiro atoms. The Kier molecular flexibility index (Phi) is 5.73. The van der Waals surface area contributed by atoms with Crippen LogP contribution in [0.1, 0.15) is 25.7 Å². The summed E-state index contributed by atoms with van der Waals surface area (Å²) in [6.07, 6.45) is 4.15. The fraction of sp³-hybridized carbons (Fsp3) is 0.538. The maximum Gasteiger partial charge on any atom is 0.244 e. The Bertz CT molecular complexity index is 591. The van der Waals surface area contributed by atoms with Crippen molar-refractivity contribution in [3.05, 3.63) is 27.1 Å². The van der Waals surface area contributed by atoms with E-state index in [2.05, 4.69) is 47.8 Å². The molecule has 0 aromatic heterocycles. The zero-order chi connectivity index (χ0) is 14.9. The first kappa shape index (κ1) is 16.9. The van der Waals surface area contributed by atoms with E-state index in [1.165, 1.54) is 4.31 Å². The molecule has 1 aromatic rings. The predicted molar refractivity (Wildman–Crippen MR) is 91.8 cm³/mol. The Morgan fingerprint density at radius 1 is 1.20 bits per heavy atom. The molecule has 3 nitrogen and oxygen atoms in total.